The van der Waals surface area contributed by atoms with Crippen molar-refractivity contribution in [2.45, 2.75) is 56.9 Å². The second kappa shape index (κ2) is 6.67. The van der Waals surface area contributed by atoms with Crippen LogP contribution in [0.5, 0.6) is 5.75 Å². The molecule has 3 heteroatoms. The molecule has 3 atom stereocenters. The van der Waals surface area contributed by atoms with E-state index in [0.717, 1.165) is 5.56 Å². The van der Waals surface area contributed by atoms with Gasteiger partial charge in [0.05, 0.1) is 0 Å². The predicted octanol–water partition coefficient (Wildman–Crippen LogP) is 4.03. The lowest BCUT2D eigenvalue weighted by atomic mass is 9.93. The van der Waals surface area contributed by atoms with Crippen molar-refractivity contribution in [2.24, 2.45) is 0 Å². The fraction of sp³-hybridized carbons (Fsp3) is 0.625. The summed E-state index contributed by atoms with van der Waals surface area (Å²) in [6.07, 6.45) is 7.45. The van der Waals surface area contributed by atoms with E-state index < -0.39 is 0 Å². The molecule has 0 aliphatic heterocycles. The first-order valence-electron chi connectivity index (χ1n) is 7.20. The maximum Gasteiger partial charge on any atom is 0.120 e. The van der Waals surface area contributed by atoms with Crippen molar-refractivity contribution in [2.75, 3.05) is 6.26 Å². The van der Waals surface area contributed by atoms with Crippen molar-refractivity contribution in [3.05, 3.63) is 29.3 Å². The van der Waals surface area contributed by atoms with Crippen molar-refractivity contribution in [1.29, 1.82) is 0 Å². The summed E-state index contributed by atoms with van der Waals surface area (Å²) in [5.74, 6) is 0.405. The zero-order valence-corrected chi connectivity index (χ0v) is 13.0. The minimum Gasteiger partial charge on any atom is -0.508 e. The molecular formula is C16H25NOS. The number of benzene rings is 1. The molecule has 1 saturated carbocycles. The number of phenolic OH excluding ortho intramolecular Hbond substituents is 1. The van der Waals surface area contributed by atoms with Crippen LogP contribution in [0.3, 0.4) is 0 Å². The molecular weight excluding hydrogens is 254 g/mol. The monoisotopic (exact) mass is 279 g/mol. The minimum atomic E-state index is 0.206. The number of phenols is 1. The molecule has 0 aromatic heterocycles. The molecule has 0 spiro atoms. The SMILES string of the molecule is CSC1CCCCC1NC(C)c1cc(C)ccc1O. The molecule has 1 aromatic carbocycles. The Kier molecular flexibility index (Phi) is 5.17. The Morgan fingerprint density at radius 2 is 2.05 bits per heavy atom. The van der Waals surface area contributed by atoms with Gasteiger partial charge in [0.2, 0.25) is 0 Å². The average molecular weight is 279 g/mol. The van der Waals surface area contributed by atoms with Gasteiger partial charge in [0.15, 0.2) is 0 Å². The smallest absolute Gasteiger partial charge is 0.120 e. The highest BCUT2D eigenvalue weighted by atomic mass is 32.2. The Morgan fingerprint density at radius 3 is 2.79 bits per heavy atom. The first kappa shape index (κ1) is 14.7. The molecule has 1 aromatic rings. The third kappa shape index (κ3) is 3.67. The molecule has 0 amide bonds. The first-order valence-corrected chi connectivity index (χ1v) is 8.49. The topological polar surface area (TPSA) is 32.3 Å². The maximum absolute atomic E-state index is 10.0. The van der Waals surface area contributed by atoms with Crippen molar-refractivity contribution >= 4 is 11.8 Å². The predicted molar refractivity (Wildman–Crippen MR) is 84.0 cm³/mol. The second-order valence-corrected chi connectivity index (χ2v) is 6.69. The Labute approximate surface area is 121 Å². The van der Waals surface area contributed by atoms with E-state index in [0.29, 0.717) is 17.0 Å². The maximum atomic E-state index is 10.0. The van der Waals surface area contributed by atoms with Crippen LogP contribution in [0, 0.1) is 6.92 Å². The zero-order chi connectivity index (χ0) is 13.8. The fourth-order valence-electron chi connectivity index (χ4n) is 3.00. The molecule has 3 unspecified atom stereocenters. The number of aryl methyl sites for hydroxylation is 1. The number of nitrogens with one attached hydrogen (secondary N) is 1. The second-order valence-electron chi connectivity index (χ2n) is 5.62. The molecule has 2 N–H and O–H groups in total. The van der Waals surface area contributed by atoms with Gasteiger partial charge in [-0.1, -0.05) is 30.5 Å². The molecule has 1 aliphatic rings. The van der Waals surface area contributed by atoms with E-state index in [1.54, 1.807) is 6.07 Å². The van der Waals surface area contributed by atoms with Crippen LogP contribution in [0.15, 0.2) is 18.2 Å². The molecule has 0 heterocycles. The number of rotatable bonds is 4. The van der Waals surface area contributed by atoms with Crippen LogP contribution in [-0.4, -0.2) is 22.7 Å². The van der Waals surface area contributed by atoms with Gasteiger partial charge >= 0.3 is 0 Å². The Balaban J connectivity index is 2.07. The Morgan fingerprint density at radius 1 is 1.32 bits per heavy atom. The van der Waals surface area contributed by atoms with E-state index in [9.17, 15) is 5.11 Å². The van der Waals surface area contributed by atoms with Gasteiger partial charge in [0.1, 0.15) is 5.75 Å². The summed E-state index contributed by atoms with van der Waals surface area (Å²) in [6, 6.07) is 6.62. The van der Waals surface area contributed by atoms with Crippen molar-refractivity contribution < 1.29 is 5.11 Å². The van der Waals surface area contributed by atoms with E-state index >= 15 is 0 Å². The fourth-order valence-corrected chi connectivity index (χ4v) is 3.95. The lowest BCUT2D eigenvalue weighted by molar-refractivity contribution is 0.351. The molecule has 1 fully saturated rings. The third-order valence-electron chi connectivity index (χ3n) is 4.12. The molecule has 2 nitrogen and oxygen atoms in total. The highest BCUT2D eigenvalue weighted by Gasteiger charge is 2.26. The van der Waals surface area contributed by atoms with E-state index in [1.165, 1.54) is 31.2 Å². The first-order chi connectivity index (χ1) is 9.11. The van der Waals surface area contributed by atoms with Crippen molar-refractivity contribution in [3.8, 4) is 5.75 Å². The van der Waals surface area contributed by atoms with E-state index in [4.69, 9.17) is 0 Å². The van der Waals surface area contributed by atoms with Crippen LogP contribution in [0.4, 0.5) is 0 Å². The van der Waals surface area contributed by atoms with Gasteiger partial charge in [0, 0.05) is 22.9 Å². The third-order valence-corrected chi connectivity index (χ3v) is 5.29. The summed E-state index contributed by atoms with van der Waals surface area (Å²) in [5.41, 5.74) is 2.22. The summed E-state index contributed by atoms with van der Waals surface area (Å²) in [5, 5.41) is 14.4. The van der Waals surface area contributed by atoms with Gasteiger partial charge in [-0.05, 0) is 39.0 Å². The van der Waals surface area contributed by atoms with Crippen LogP contribution in [-0.2, 0) is 0 Å². The number of hydrogen-bond donors (Lipinski definition) is 2. The largest absolute Gasteiger partial charge is 0.508 e. The zero-order valence-electron chi connectivity index (χ0n) is 12.1. The molecule has 0 saturated heterocycles. The van der Waals surface area contributed by atoms with Gasteiger partial charge in [-0.15, -0.1) is 0 Å². The summed E-state index contributed by atoms with van der Waals surface area (Å²) in [4.78, 5) is 0. The number of hydrogen-bond acceptors (Lipinski definition) is 3. The van der Waals surface area contributed by atoms with Crippen molar-refractivity contribution in [1.82, 2.24) is 5.32 Å². The lowest BCUT2D eigenvalue weighted by Gasteiger charge is -2.33. The highest BCUT2D eigenvalue weighted by Crippen LogP contribution is 2.31. The van der Waals surface area contributed by atoms with Gasteiger partial charge in [-0.25, -0.2) is 0 Å². The quantitative estimate of drug-likeness (QED) is 0.873. The molecule has 0 radical (unpaired) electrons. The Bertz CT molecular complexity index is 421. The van der Waals surface area contributed by atoms with Crippen LogP contribution in [0.1, 0.15) is 49.8 Å². The van der Waals surface area contributed by atoms with Gasteiger partial charge in [0.25, 0.3) is 0 Å². The van der Waals surface area contributed by atoms with Gasteiger partial charge < -0.3 is 10.4 Å². The Hall–Kier alpha value is -0.670. The lowest BCUT2D eigenvalue weighted by Crippen LogP contribution is -2.41. The normalized spacial score (nSPS) is 25.2. The summed E-state index contributed by atoms with van der Waals surface area (Å²) < 4.78 is 0. The van der Waals surface area contributed by atoms with Crippen LogP contribution in [0.2, 0.25) is 0 Å². The standard InChI is InChI=1S/C16H25NOS/c1-11-8-9-15(18)13(10-11)12(2)17-14-6-4-5-7-16(14)19-3/h8-10,12,14,16-18H,4-7H2,1-3H3. The summed E-state index contributed by atoms with van der Waals surface area (Å²) >= 11 is 1.97. The molecule has 19 heavy (non-hydrogen) atoms. The van der Waals surface area contributed by atoms with Crippen LogP contribution < -0.4 is 5.32 Å². The average Bonchev–Trinajstić information content (AvgIpc) is 2.42. The van der Waals surface area contributed by atoms with Crippen molar-refractivity contribution in [3.63, 3.8) is 0 Å². The summed E-state index contributed by atoms with van der Waals surface area (Å²) in [7, 11) is 0. The molecule has 1 aliphatic carbocycles. The van der Waals surface area contributed by atoms with Crippen LogP contribution in [0.25, 0.3) is 0 Å². The molecule has 0 bridgehead atoms. The van der Waals surface area contributed by atoms with Crippen LogP contribution >= 0.6 is 11.8 Å². The molecule has 2 rings (SSSR count). The van der Waals surface area contributed by atoms with Gasteiger partial charge in [-0.3, -0.25) is 0 Å². The number of aromatic hydroxyl groups is 1. The highest BCUT2D eigenvalue weighted by molar-refractivity contribution is 7.99. The molecule has 106 valence electrons. The number of thioether (sulfide) groups is 1. The van der Waals surface area contributed by atoms with E-state index in [1.807, 2.05) is 17.8 Å². The summed E-state index contributed by atoms with van der Waals surface area (Å²) in [6.45, 7) is 4.22. The van der Waals surface area contributed by atoms with Gasteiger partial charge in [-0.2, -0.15) is 11.8 Å². The van der Waals surface area contributed by atoms with E-state index in [2.05, 4.69) is 31.5 Å². The van der Waals surface area contributed by atoms with E-state index in [-0.39, 0.29) is 6.04 Å². The minimum absolute atomic E-state index is 0.206.